The normalized spacial score (nSPS) is 7.62. The topological polar surface area (TPSA) is 0 Å². The van der Waals surface area contributed by atoms with Crippen molar-refractivity contribution in [2.45, 2.75) is 19.8 Å². The summed E-state index contributed by atoms with van der Waals surface area (Å²) in [6, 6.07) is 0. The molecule has 0 aromatic carbocycles. The molecule has 0 atom stereocenters. The summed E-state index contributed by atoms with van der Waals surface area (Å²) >= 11 is 5.38. The van der Waals surface area contributed by atoms with Crippen LogP contribution in [-0.2, 0) is 0 Å². The van der Waals surface area contributed by atoms with Crippen LogP contribution in [0.25, 0.3) is 0 Å². The Labute approximate surface area is 70.3 Å². The van der Waals surface area contributed by atoms with Crippen molar-refractivity contribution >= 4 is 44.5 Å². The molecule has 0 nitrogen and oxygen atoms in total. The molecule has 0 fully saturated rings. The van der Waals surface area contributed by atoms with Crippen LogP contribution in [0.15, 0.2) is 0 Å². The first-order valence-corrected chi connectivity index (χ1v) is 8.68. The van der Waals surface area contributed by atoms with Crippen molar-refractivity contribution in [2.24, 2.45) is 0 Å². The van der Waals surface area contributed by atoms with Crippen molar-refractivity contribution in [3.05, 3.63) is 0 Å². The van der Waals surface area contributed by atoms with E-state index >= 15 is 0 Å². The monoisotopic (exact) mass is 280 g/mol. The Morgan fingerprint density at radius 3 is 2.12 bits per heavy atom. The molecule has 48 valence electrons. The summed E-state index contributed by atoms with van der Waals surface area (Å²) in [5, 5.41) is 0. The molecule has 0 saturated heterocycles. The molecule has 0 heterocycles. The molecule has 0 aliphatic carbocycles. The molecule has 0 aliphatic heterocycles. The Morgan fingerprint density at radius 2 is 2.00 bits per heavy atom. The Morgan fingerprint density at radius 1 is 1.50 bits per heavy atom. The van der Waals surface area contributed by atoms with Crippen LogP contribution in [0.5, 0.6) is 0 Å². The minimum absolute atomic E-state index is 1.33. The zero-order valence-corrected chi connectivity index (χ0v) is 10.2. The molecule has 0 N–H and O–H groups in total. The third kappa shape index (κ3) is 15.6. The Bertz CT molecular complexity index is 49.3. The number of hydrogen-bond acceptors (Lipinski definition) is 0. The molecular formula is C4H10P2Se2. The molecule has 0 rings (SSSR count). The molecule has 8 heavy (non-hydrogen) atoms. The Balaban J connectivity index is 0. The van der Waals surface area contributed by atoms with E-state index in [1.165, 1.54) is 25.8 Å². The van der Waals surface area contributed by atoms with Crippen molar-refractivity contribution in [1.82, 2.24) is 0 Å². The zero-order chi connectivity index (χ0) is 6.83. The second-order valence-electron chi connectivity index (χ2n) is 1.21. The van der Waals surface area contributed by atoms with Crippen molar-refractivity contribution in [1.29, 1.82) is 0 Å². The van der Waals surface area contributed by atoms with E-state index < -0.39 is 0 Å². The van der Waals surface area contributed by atoms with Gasteiger partial charge in [-0.3, -0.25) is 0 Å². The van der Waals surface area contributed by atoms with E-state index in [4.69, 9.17) is 0 Å². The third-order valence-corrected chi connectivity index (χ3v) is 2.25. The summed E-state index contributed by atoms with van der Waals surface area (Å²) in [5.41, 5.74) is 0. The van der Waals surface area contributed by atoms with Crippen LogP contribution in [0.2, 0.25) is 0 Å². The second kappa shape index (κ2) is 15.9. The fourth-order valence-electron chi connectivity index (χ4n) is 0.223. The van der Waals surface area contributed by atoms with E-state index in [0.717, 1.165) is 0 Å². The van der Waals surface area contributed by atoms with Gasteiger partial charge in [-0.05, 0) is 0 Å². The Kier molecular flexibility index (Phi) is 24.4. The minimum atomic E-state index is 1.33. The SMILES string of the molecule is CCCCP=[Se].P=[Se]. The van der Waals surface area contributed by atoms with Gasteiger partial charge in [0.2, 0.25) is 0 Å². The summed E-state index contributed by atoms with van der Waals surface area (Å²) in [7, 11) is 2.85. The standard InChI is InChI=1S/C4H9PSe.HPSe/c1-2-3-4-5-6;1-2/h2-4H2,1H3;1H. The van der Waals surface area contributed by atoms with Gasteiger partial charge in [0, 0.05) is 0 Å². The summed E-state index contributed by atoms with van der Waals surface area (Å²) in [6.07, 6.45) is 4.03. The van der Waals surface area contributed by atoms with Crippen LogP contribution in [0.1, 0.15) is 19.8 Å². The molecule has 0 spiro atoms. The van der Waals surface area contributed by atoms with Gasteiger partial charge >= 0.3 is 70.4 Å². The fraction of sp³-hybridized carbons (Fsp3) is 1.00. The van der Waals surface area contributed by atoms with Gasteiger partial charge in [-0.2, -0.15) is 0 Å². The molecular weight excluding hydrogens is 268 g/mol. The van der Waals surface area contributed by atoms with Gasteiger partial charge in [0.15, 0.2) is 0 Å². The maximum absolute atomic E-state index is 2.95. The van der Waals surface area contributed by atoms with Crippen molar-refractivity contribution in [3.8, 4) is 0 Å². The second-order valence-corrected chi connectivity index (χ2v) is 3.54. The third-order valence-electron chi connectivity index (χ3n) is 0.603. The Hall–Kier alpha value is 1.64. The summed E-state index contributed by atoms with van der Waals surface area (Å²) < 4.78 is 0. The predicted molar refractivity (Wildman–Crippen MR) is 46.5 cm³/mol. The van der Waals surface area contributed by atoms with Crippen molar-refractivity contribution in [3.63, 3.8) is 0 Å². The average molecular weight is 278 g/mol. The van der Waals surface area contributed by atoms with Gasteiger partial charge in [-0.15, -0.1) is 0 Å². The van der Waals surface area contributed by atoms with E-state index in [9.17, 15) is 0 Å². The van der Waals surface area contributed by atoms with Gasteiger partial charge in [0.25, 0.3) is 0 Å². The molecule has 4 heteroatoms. The molecule has 0 amide bonds. The van der Waals surface area contributed by atoms with Crippen LogP contribution < -0.4 is 0 Å². The number of rotatable bonds is 3. The molecule has 0 radical (unpaired) electrons. The molecule has 0 aliphatic rings. The summed E-state index contributed by atoms with van der Waals surface area (Å²) in [4.78, 5) is 0. The maximum atomic E-state index is 2.95. The van der Waals surface area contributed by atoms with E-state index in [0.29, 0.717) is 0 Å². The molecule has 0 unspecified atom stereocenters. The van der Waals surface area contributed by atoms with Gasteiger partial charge in [-0.1, -0.05) is 0 Å². The van der Waals surface area contributed by atoms with Crippen LogP contribution in [-0.4, -0.2) is 36.4 Å². The van der Waals surface area contributed by atoms with Crippen molar-refractivity contribution < 1.29 is 0 Å². The van der Waals surface area contributed by atoms with Gasteiger partial charge < -0.3 is 0 Å². The van der Waals surface area contributed by atoms with Crippen LogP contribution in [0.3, 0.4) is 0 Å². The van der Waals surface area contributed by atoms with Gasteiger partial charge in [-0.25, -0.2) is 0 Å². The molecule has 0 bridgehead atoms. The van der Waals surface area contributed by atoms with Crippen molar-refractivity contribution in [2.75, 3.05) is 6.16 Å². The van der Waals surface area contributed by atoms with Crippen LogP contribution in [0, 0.1) is 0 Å². The first kappa shape index (κ1) is 12.3. The average Bonchev–Trinajstić information content (AvgIpc) is 1.88. The quantitative estimate of drug-likeness (QED) is 0.421. The van der Waals surface area contributed by atoms with E-state index in [1.807, 2.05) is 0 Å². The van der Waals surface area contributed by atoms with E-state index in [2.05, 4.69) is 44.6 Å². The first-order valence-electron chi connectivity index (χ1n) is 2.41. The first-order chi connectivity index (χ1) is 3.91. The van der Waals surface area contributed by atoms with Crippen LogP contribution >= 0.6 is 14.3 Å². The van der Waals surface area contributed by atoms with E-state index in [1.54, 1.807) is 0 Å². The zero-order valence-electron chi connectivity index (χ0n) is 4.89. The molecule has 0 aromatic rings. The molecule has 0 saturated carbocycles. The van der Waals surface area contributed by atoms with Crippen LogP contribution in [0.4, 0.5) is 0 Å². The fourth-order valence-corrected chi connectivity index (χ4v) is 1.48. The summed E-state index contributed by atoms with van der Waals surface area (Å²) in [5.74, 6) is 0. The molecule has 0 aromatic heterocycles. The van der Waals surface area contributed by atoms with Gasteiger partial charge in [0.05, 0.1) is 0 Å². The predicted octanol–water partition coefficient (Wildman–Crippen LogP) is 2.03. The summed E-state index contributed by atoms with van der Waals surface area (Å²) in [6.45, 7) is 3.63. The number of unbranched alkanes of at least 4 members (excludes halogenated alkanes) is 1. The van der Waals surface area contributed by atoms with Gasteiger partial charge in [0.1, 0.15) is 0 Å². The number of hydrogen-bond donors (Lipinski definition) is 0. The van der Waals surface area contributed by atoms with E-state index in [-0.39, 0.29) is 0 Å².